The summed E-state index contributed by atoms with van der Waals surface area (Å²) >= 11 is 0. The number of rotatable bonds is 7. The fourth-order valence-corrected chi connectivity index (χ4v) is 2.79. The van der Waals surface area contributed by atoms with Crippen LogP contribution in [0.1, 0.15) is 18.5 Å². The zero-order valence-electron chi connectivity index (χ0n) is 15.0. The SMILES string of the molecule is C[C@@H](CO)Nc1nccc(-c2ccn(C(CO)c3ccccc3)c(=O)c2)n1. The van der Waals surface area contributed by atoms with Crippen LogP contribution < -0.4 is 10.9 Å². The molecule has 0 fully saturated rings. The van der Waals surface area contributed by atoms with Crippen LogP contribution in [0.25, 0.3) is 11.3 Å². The standard InChI is InChI=1S/C20H22N4O3/c1-14(12-25)22-20-21-9-7-17(23-20)16-8-10-24(19(27)11-16)18(13-26)15-5-3-2-4-6-15/h2-11,14,18,25-26H,12-13H2,1H3,(H,21,22,23)/t14-,18?/m0/s1. The summed E-state index contributed by atoms with van der Waals surface area (Å²) in [6, 6.07) is 13.8. The van der Waals surface area contributed by atoms with E-state index in [-0.39, 0.29) is 24.8 Å². The van der Waals surface area contributed by atoms with Gasteiger partial charge in [0, 0.05) is 30.1 Å². The Morgan fingerprint density at radius 3 is 2.56 bits per heavy atom. The number of benzene rings is 1. The summed E-state index contributed by atoms with van der Waals surface area (Å²) in [5, 5.41) is 21.9. The van der Waals surface area contributed by atoms with Gasteiger partial charge >= 0.3 is 0 Å². The Kier molecular flexibility index (Phi) is 5.95. The molecule has 0 aliphatic carbocycles. The van der Waals surface area contributed by atoms with Crippen molar-refractivity contribution in [3.63, 3.8) is 0 Å². The van der Waals surface area contributed by atoms with E-state index in [1.807, 2.05) is 37.3 Å². The predicted octanol–water partition coefficient (Wildman–Crippen LogP) is 1.68. The lowest BCUT2D eigenvalue weighted by atomic mass is 10.1. The molecule has 2 heterocycles. The molecule has 3 N–H and O–H groups in total. The van der Waals surface area contributed by atoms with Crippen molar-refractivity contribution in [2.24, 2.45) is 0 Å². The molecular formula is C20H22N4O3. The van der Waals surface area contributed by atoms with Gasteiger partial charge in [-0.25, -0.2) is 9.97 Å². The Hall–Kier alpha value is -3.03. The van der Waals surface area contributed by atoms with Gasteiger partial charge in [0.25, 0.3) is 5.56 Å². The van der Waals surface area contributed by atoms with E-state index < -0.39 is 6.04 Å². The van der Waals surface area contributed by atoms with Gasteiger partial charge in [0.05, 0.1) is 24.9 Å². The van der Waals surface area contributed by atoms with Crippen LogP contribution in [0.3, 0.4) is 0 Å². The van der Waals surface area contributed by atoms with Crippen molar-refractivity contribution < 1.29 is 10.2 Å². The Morgan fingerprint density at radius 2 is 1.89 bits per heavy atom. The maximum absolute atomic E-state index is 12.7. The molecule has 3 aromatic rings. The van der Waals surface area contributed by atoms with E-state index >= 15 is 0 Å². The topological polar surface area (TPSA) is 100 Å². The molecule has 0 saturated heterocycles. The Morgan fingerprint density at radius 1 is 1.11 bits per heavy atom. The van der Waals surface area contributed by atoms with Crippen LogP contribution >= 0.6 is 0 Å². The number of nitrogens with zero attached hydrogens (tertiary/aromatic N) is 3. The summed E-state index contributed by atoms with van der Waals surface area (Å²) in [7, 11) is 0. The van der Waals surface area contributed by atoms with E-state index in [2.05, 4.69) is 15.3 Å². The molecule has 0 saturated carbocycles. The lowest BCUT2D eigenvalue weighted by Crippen LogP contribution is -2.26. The summed E-state index contributed by atoms with van der Waals surface area (Å²) in [6.07, 6.45) is 3.26. The smallest absolute Gasteiger partial charge is 0.251 e. The average molecular weight is 366 g/mol. The molecule has 0 spiro atoms. The zero-order valence-corrected chi connectivity index (χ0v) is 15.0. The van der Waals surface area contributed by atoms with E-state index in [1.165, 1.54) is 10.6 Å². The quantitative estimate of drug-likeness (QED) is 0.588. The minimum Gasteiger partial charge on any atom is -0.394 e. The Balaban J connectivity index is 1.91. The number of anilines is 1. The third kappa shape index (κ3) is 4.39. The molecule has 1 aromatic carbocycles. The Bertz CT molecular complexity index is 943. The highest BCUT2D eigenvalue weighted by atomic mass is 16.3. The Labute approximate surface area is 157 Å². The molecule has 0 aliphatic rings. The van der Waals surface area contributed by atoms with Crippen LogP contribution in [-0.2, 0) is 0 Å². The van der Waals surface area contributed by atoms with E-state index in [9.17, 15) is 9.90 Å². The van der Waals surface area contributed by atoms with Crippen molar-refractivity contribution in [1.29, 1.82) is 0 Å². The molecule has 27 heavy (non-hydrogen) atoms. The maximum Gasteiger partial charge on any atom is 0.251 e. The minimum atomic E-state index is -0.444. The fraction of sp³-hybridized carbons (Fsp3) is 0.250. The molecule has 1 unspecified atom stereocenters. The van der Waals surface area contributed by atoms with Gasteiger partial charge < -0.3 is 20.1 Å². The van der Waals surface area contributed by atoms with Crippen molar-refractivity contribution in [1.82, 2.24) is 14.5 Å². The van der Waals surface area contributed by atoms with Crippen LogP contribution in [0.4, 0.5) is 5.95 Å². The number of aromatic nitrogens is 3. The molecule has 2 atom stereocenters. The number of nitrogens with one attached hydrogen (secondary N) is 1. The third-order valence-corrected chi connectivity index (χ3v) is 4.24. The van der Waals surface area contributed by atoms with Crippen molar-refractivity contribution in [3.8, 4) is 11.3 Å². The highest BCUT2D eigenvalue weighted by molar-refractivity contribution is 5.59. The number of pyridine rings is 1. The van der Waals surface area contributed by atoms with Gasteiger partial charge in [0.1, 0.15) is 0 Å². The highest BCUT2D eigenvalue weighted by Gasteiger charge is 2.14. The van der Waals surface area contributed by atoms with Crippen LogP contribution in [0.2, 0.25) is 0 Å². The maximum atomic E-state index is 12.7. The van der Waals surface area contributed by atoms with Crippen LogP contribution in [0.15, 0.2) is 65.7 Å². The van der Waals surface area contributed by atoms with E-state index in [1.54, 1.807) is 24.5 Å². The van der Waals surface area contributed by atoms with E-state index in [0.29, 0.717) is 17.2 Å². The van der Waals surface area contributed by atoms with Crippen molar-refractivity contribution in [3.05, 3.63) is 76.8 Å². The van der Waals surface area contributed by atoms with Gasteiger partial charge in [0.2, 0.25) is 5.95 Å². The van der Waals surface area contributed by atoms with Gasteiger partial charge in [0.15, 0.2) is 0 Å². The first-order valence-electron chi connectivity index (χ1n) is 8.71. The van der Waals surface area contributed by atoms with Crippen LogP contribution in [-0.4, -0.2) is 44.0 Å². The van der Waals surface area contributed by atoms with Crippen molar-refractivity contribution in [2.45, 2.75) is 19.0 Å². The largest absolute Gasteiger partial charge is 0.394 e. The van der Waals surface area contributed by atoms with Gasteiger partial charge in [-0.3, -0.25) is 4.79 Å². The van der Waals surface area contributed by atoms with Gasteiger partial charge in [-0.2, -0.15) is 0 Å². The first-order chi connectivity index (χ1) is 13.1. The summed E-state index contributed by atoms with van der Waals surface area (Å²) < 4.78 is 1.51. The van der Waals surface area contributed by atoms with Gasteiger partial charge in [-0.05, 0) is 24.6 Å². The second-order valence-electron chi connectivity index (χ2n) is 6.26. The third-order valence-electron chi connectivity index (χ3n) is 4.24. The lowest BCUT2D eigenvalue weighted by molar-refractivity contribution is 0.247. The molecule has 2 aromatic heterocycles. The summed E-state index contributed by atoms with van der Waals surface area (Å²) in [4.78, 5) is 21.2. The summed E-state index contributed by atoms with van der Waals surface area (Å²) in [5.74, 6) is 0.385. The number of aliphatic hydroxyl groups excluding tert-OH is 2. The second-order valence-corrected chi connectivity index (χ2v) is 6.26. The zero-order chi connectivity index (χ0) is 19.2. The van der Waals surface area contributed by atoms with Gasteiger partial charge in [-0.1, -0.05) is 30.3 Å². The lowest BCUT2D eigenvalue weighted by Gasteiger charge is -2.18. The number of hydrogen-bond donors (Lipinski definition) is 3. The first kappa shape index (κ1) is 18.8. The number of hydrogen-bond acceptors (Lipinski definition) is 6. The van der Waals surface area contributed by atoms with E-state index in [4.69, 9.17) is 5.11 Å². The summed E-state index contributed by atoms with van der Waals surface area (Å²) in [5.41, 5.74) is 1.89. The van der Waals surface area contributed by atoms with Gasteiger partial charge in [-0.15, -0.1) is 0 Å². The first-order valence-corrected chi connectivity index (χ1v) is 8.71. The molecule has 3 rings (SSSR count). The molecule has 7 nitrogen and oxygen atoms in total. The molecule has 0 bridgehead atoms. The van der Waals surface area contributed by atoms with E-state index in [0.717, 1.165) is 5.56 Å². The average Bonchev–Trinajstić information content (AvgIpc) is 2.70. The predicted molar refractivity (Wildman–Crippen MR) is 104 cm³/mol. The molecule has 0 radical (unpaired) electrons. The molecule has 140 valence electrons. The normalized spacial score (nSPS) is 13.1. The highest BCUT2D eigenvalue weighted by Crippen LogP contribution is 2.19. The van der Waals surface area contributed by atoms with Crippen LogP contribution in [0.5, 0.6) is 0 Å². The molecule has 0 amide bonds. The monoisotopic (exact) mass is 366 g/mol. The van der Waals surface area contributed by atoms with Crippen molar-refractivity contribution >= 4 is 5.95 Å². The molecule has 0 aliphatic heterocycles. The van der Waals surface area contributed by atoms with Crippen LogP contribution in [0, 0.1) is 0 Å². The van der Waals surface area contributed by atoms with Crippen molar-refractivity contribution in [2.75, 3.05) is 18.5 Å². The molecular weight excluding hydrogens is 344 g/mol. The summed E-state index contributed by atoms with van der Waals surface area (Å²) in [6.45, 7) is 1.60. The number of aliphatic hydroxyl groups is 2. The fourth-order valence-electron chi connectivity index (χ4n) is 2.79. The second kappa shape index (κ2) is 8.57. The molecule has 7 heteroatoms. The minimum absolute atomic E-state index is 0.0360.